The first kappa shape index (κ1) is 18.9. The van der Waals surface area contributed by atoms with E-state index < -0.39 is 11.9 Å². The average molecular weight is 369 g/mol. The summed E-state index contributed by atoms with van der Waals surface area (Å²) in [5.74, 6) is -0.976. The highest BCUT2D eigenvalue weighted by molar-refractivity contribution is 5.97. The zero-order valence-corrected chi connectivity index (χ0v) is 15.1. The lowest BCUT2D eigenvalue weighted by Crippen LogP contribution is -2.45. The lowest BCUT2D eigenvalue weighted by Gasteiger charge is -2.16. The first-order valence-corrected chi connectivity index (χ1v) is 8.81. The number of primary amides is 1. The standard InChI is InChI=1S/C23H19N3O2/c24-15-17-8-6-16(7-9-17)14-21(22(25)27)26-23(28)20-12-10-19(11-13-20)18-4-2-1-3-5-18/h1-13,21H,14H2,(H2,25,27)(H,26,28)/t21-/m1/s1. The molecule has 3 aromatic carbocycles. The van der Waals surface area contributed by atoms with Gasteiger partial charge in [0.25, 0.3) is 5.91 Å². The Bertz CT molecular complexity index is 1000. The molecule has 1 atom stereocenters. The maximum atomic E-state index is 12.5. The largest absolute Gasteiger partial charge is 0.368 e. The predicted octanol–water partition coefficient (Wildman–Crippen LogP) is 3.05. The maximum absolute atomic E-state index is 12.5. The fraction of sp³-hybridized carbons (Fsp3) is 0.0870. The van der Waals surface area contributed by atoms with E-state index in [-0.39, 0.29) is 12.3 Å². The van der Waals surface area contributed by atoms with E-state index in [2.05, 4.69) is 5.32 Å². The Hall–Kier alpha value is -3.91. The Morgan fingerprint density at radius 2 is 1.50 bits per heavy atom. The molecule has 3 N–H and O–H groups in total. The van der Waals surface area contributed by atoms with Crippen molar-refractivity contribution >= 4 is 11.8 Å². The number of amides is 2. The van der Waals surface area contributed by atoms with Gasteiger partial charge >= 0.3 is 0 Å². The third-order valence-electron chi connectivity index (χ3n) is 4.43. The summed E-state index contributed by atoms with van der Waals surface area (Å²) >= 11 is 0. The summed E-state index contributed by atoms with van der Waals surface area (Å²) < 4.78 is 0. The first-order chi connectivity index (χ1) is 13.6. The molecule has 0 saturated carbocycles. The van der Waals surface area contributed by atoms with E-state index in [9.17, 15) is 9.59 Å². The van der Waals surface area contributed by atoms with Crippen LogP contribution in [0.15, 0.2) is 78.9 Å². The number of hydrogen-bond acceptors (Lipinski definition) is 3. The molecule has 0 aliphatic rings. The highest BCUT2D eigenvalue weighted by Crippen LogP contribution is 2.19. The minimum Gasteiger partial charge on any atom is -0.368 e. The van der Waals surface area contributed by atoms with Gasteiger partial charge in [0, 0.05) is 12.0 Å². The molecule has 2 amide bonds. The third-order valence-corrected chi connectivity index (χ3v) is 4.43. The van der Waals surface area contributed by atoms with Crippen molar-refractivity contribution in [1.29, 1.82) is 5.26 Å². The molecule has 0 aromatic heterocycles. The van der Waals surface area contributed by atoms with Gasteiger partial charge < -0.3 is 11.1 Å². The second kappa shape index (κ2) is 8.65. The number of carbonyl (C=O) groups excluding carboxylic acids is 2. The molecule has 3 rings (SSSR count). The summed E-state index contributed by atoms with van der Waals surface area (Å²) in [6.07, 6.45) is 0.259. The highest BCUT2D eigenvalue weighted by Gasteiger charge is 2.19. The maximum Gasteiger partial charge on any atom is 0.251 e. The van der Waals surface area contributed by atoms with Gasteiger partial charge in [-0.25, -0.2) is 0 Å². The second-order valence-electron chi connectivity index (χ2n) is 6.38. The fourth-order valence-electron chi connectivity index (χ4n) is 2.86. The second-order valence-corrected chi connectivity index (χ2v) is 6.38. The lowest BCUT2D eigenvalue weighted by atomic mass is 10.0. The van der Waals surface area contributed by atoms with Gasteiger partial charge in [-0.2, -0.15) is 5.26 Å². The van der Waals surface area contributed by atoms with Crippen molar-refractivity contribution in [2.24, 2.45) is 5.73 Å². The Morgan fingerprint density at radius 1 is 0.893 bits per heavy atom. The number of nitrogens with zero attached hydrogens (tertiary/aromatic N) is 1. The van der Waals surface area contributed by atoms with Crippen LogP contribution in [0.2, 0.25) is 0 Å². The zero-order chi connectivity index (χ0) is 19.9. The van der Waals surface area contributed by atoms with Crippen LogP contribution < -0.4 is 11.1 Å². The van der Waals surface area contributed by atoms with E-state index in [4.69, 9.17) is 11.0 Å². The molecule has 3 aromatic rings. The predicted molar refractivity (Wildman–Crippen MR) is 107 cm³/mol. The number of nitriles is 1. The first-order valence-electron chi connectivity index (χ1n) is 8.81. The summed E-state index contributed by atoms with van der Waals surface area (Å²) in [5, 5.41) is 11.5. The van der Waals surface area contributed by atoms with Crippen LogP contribution >= 0.6 is 0 Å². The Balaban J connectivity index is 1.70. The van der Waals surface area contributed by atoms with Crippen LogP contribution in [0.5, 0.6) is 0 Å². The van der Waals surface area contributed by atoms with Gasteiger partial charge in [-0.15, -0.1) is 0 Å². The van der Waals surface area contributed by atoms with Crippen molar-refractivity contribution in [3.8, 4) is 17.2 Å². The quantitative estimate of drug-likeness (QED) is 0.699. The number of rotatable bonds is 6. The Kier molecular flexibility index (Phi) is 5.83. The fourth-order valence-corrected chi connectivity index (χ4v) is 2.86. The van der Waals surface area contributed by atoms with Gasteiger partial charge in [0.1, 0.15) is 6.04 Å². The molecule has 5 nitrogen and oxygen atoms in total. The van der Waals surface area contributed by atoms with E-state index in [0.29, 0.717) is 11.1 Å². The smallest absolute Gasteiger partial charge is 0.251 e. The summed E-state index contributed by atoms with van der Waals surface area (Å²) in [4.78, 5) is 24.3. The van der Waals surface area contributed by atoms with Crippen molar-refractivity contribution in [2.45, 2.75) is 12.5 Å². The molecular weight excluding hydrogens is 350 g/mol. The molecule has 0 aliphatic heterocycles. The molecule has 0 saturated heterocycles. The Morgan fingerprint density at radius 3 is 2.07 bits per heavy atom. The van der Waals surface area contributed by atoms with Crippen LogP contribution in [0.4, 0.5) is 0 Å². The Labute approximate surface area is 163 Å². The van der Waals surface area contributed by atoms with Gasteiger partial charge in [-0.1, -0.05) is 54.6 Å². The number of nitrogens with two attached hydrogens (primary N) is 1. The van der Waals surface area contributed by atoms with Gasteiger partial charge in [-0.05, 0) is 41.0 Å². The summed E-state index contributed by atoms with van der Waals surface area (Å²) in [5.41, 5.74) is 9.31. The lowest BCUT2D eigenvalue weighted by molar-refractivity contribution is -0.119. The molecule has 5 heteroatoms. The van der Waals surface area contributed by atoms with E-state index in [1.165, 1.54) is 0 Å². The molecule has 0 radical (unpaired) electrons. The van der Waals surface area contributed by atoms with Crippen LogP contribution in [-0.4, -0.2) is 17.9 Å². The highest BCUT2D eigenvalue weighted by atomic mass is 16.2. The van der Waals surface area contributed by atoms with Crippen LogP contribution in [-0.2, 0) is 11.2 Å². The number of benzene rings is 3. The van der Waals surface area contributed by atoms with E-state index in [0.717, 1.165) is 16.7 Å². The molecule has 28 heavy (non-hydrogen) atoms. The van der Waals surface area contributed by atoms with Gasteiger partial charge in [0.05, 0.1) is 11.6 Å². The minimum atomic E-state index is -0.839. The molecule has 0 spiro atoms. The van der Waals surface area contributed by atoms with Gasteiger partial charge in [0.2, 0.25) is 5.91 Å². The monoisotopic (exact) mass is 369 g/mol. The van der Waals surface area contributed by atoms with Gasteiger partial charge in [0.15, 0.2) is 0 Å². The van der Waals surface area contributed by atoms with E-state index in [1.807, 2.05) is 48.5 Å². The average Bonchev–Trinajstić information content (AvgIpc) is 2.74. The molecule has 0 fully saturated rings. The molecule has 0 bridgehead atoms. The van der Waals surface area contributed by atoms with E-state index in [1.54, 1.807) is 36.4 Å². The summed E-state index contributed by atoms with van der Waals surface area (Å²) in [6, 6.07) is 25.0. The SMILES string of the molecule is N#Cc1ccc(C[C@@H](NC(=O)c2ccc(-c3ccccc3)cc2)C(N)=O)cc1. The normalized spacial score (nSPS) is 11.2. The van der Waals surface area contributed by atoms with Crippen molar-refractivity contribution in [3.63, 3.8) is 0 Å². The van der Waals surface area contributed by atoms with Crippen LogP contribution in [0.1, 0.15) is 21.5 Å². The van der Waals surface area contributed by atoms with Crippen LogP contribution in [0.25, 0.3) is 11.1 Å². The molecule has 0 aliphatic carbocycles. The van der Waals surface area contributed by atoms with Crippen molar-refractivity contribution in [1.82, 2.24) is 5.32 Å². The van der Waals surface area contributed by atoms with Crippen LogP contribution in [0, 0.1) is 11.3 Å². The van der Waals surface area contributed by atoms with Crippen molar-refractivity contribution < 1.29 is 9.59 Å². The molecular formula is C23H19N3O2. The minimum absolute atomic E-state index is 0.259. The summed E-state index contributed by atoms with van der Waals surface area (Å²) in [7, 11) is 0. The summed E-state index contributed by atoms with van der Waals surface area (Å²) in [6.45, 7) is 0. The third kappa shape index (κ3) is 4.63. The topological polar surface area (TPSA) is 96.0 Å². The van der Waals surface area contributed by atoms with Gasteiger partial charge in [-0.3, -0.25) is 9.59 Å². The molecule has 0 heterocycles. The van der Waals surface area contributed by atoms with Crippen molar-refractivity contribution in [3.05, 3.63) is 95.6 Å². The number of carbonyl (C=O) groups is 2. The molecule has 138 valence electrons. The van der Waals surface area contributed by atoms with E-state index >= 15 is 0 Å². The van der Waals surface area contributed by atoms with Crippen molar-refractivity contribution in [2.75, 3.05) is 0 Å². The molecule has 0 unspecified atom stereocenters. The zero-order valence-electron chi connectivity index (χ0n) is 15.1. The van der Waals surface area contributed by atoms with Crippen LogP contribution in [0.3, 0.4) is 0 Å². The number of nitrogens with one attached hydrogen (secondary N) is 1. The number of hydrogen-bond donors (Lipinski definition) is 2.